The molecule has 1 fully saturated rings. The van der Waals surface area contributed by atoms with Crippen molar-refractivity contribution in [1.29, 1.82) is 0 Å². The van der Waals surface area contributed by atoms with Gasteiger partial charge >= 0.3 is 0 Å². The van der Waals surface area contributed by atoms with Crippen LogP contribution in [0.2, 0.25) is 0 Å². The zero-order chi connectivity index (χ0) is 14.8. The summed E-state index contributed by atoms with van der Waals surface area (Å²) in [6.45, 7) is 4.10. The van der Waals surface area contributed by atoms with Gasteiger partial charge < -0.3 is 20.5 Å². The highest BCUT2D eigenvalue weighted by Crippen LogP contribution is 2.40. The van der Waals surface area contributed by atoms with Gasteiger partial charge in [0.2, 0.25) is 0 Å². The van der Waals surface area contributed by atoms with Crippen molar-refractivity contribution in [2.24, 2.45) is 11.7 Å². The number of hydrogen-bond donors (Lipinski definition) is 2. The summed E-state index contributed by atoms with van der Waals surface area (Å²) in [7, 11) is 0. The Hall–Kier alpha value is -0.780. The van der Waals surface area contributed by atoms with E-state index in [9.17, 15) is 0 Å². The van der Waals surface area contributed by atoms with Gasteiger partial charge in [-0.05, 0) is 58.8 Å². The van der Waals surface area contributed by atoms with Gasteiger partial charge in [0, 0.05) is 18.6 Å². The van der Waals surface area contributed by atoms with Gasteiger partial charge in [0.1, 0.15) is 13.2 Å². The molecule has 1 heterocycles. The van der Waals surface area contributed by atoms with Crippen molar-refractivity contribution in [3.05, 3.63) is 22.2 Å². The molecule has 1 saturated carbocycles. The lowest BCUT2D eigenvalue weighted by molar-refractivity contribution is 0.170. The largest absolute Gasteiger partial charge is 0.486 e. The van der Waals surface area contributed by atoms with E-state index < -0.39 is 0 Å². The van der Waals surface area contributed by atoms with E-state index in [4.69, 9.17) is 15.2 Å². The van der Waals surface area contributed by atoms with E-state index in [0.717, 1.165) is 27.5 Å². The fourth-order valence-corrected chi connectivity index (χ4v) is 3.85. The van der Waals surface area contributed by atoms with Crippen LogP contribution in [-0.4, -0.2) is 25.8 Å². The number of nitrogens with one attached hydrogen (secondary N) is 1. The summed E-state index contributed by atoms with van der Waals surface area (Å²) in [5.74, 6) is 2.42. The van der Waals surface area contributed by atoms with Crippen molar-refractivity contribution in [3.8, 4) is 11.5 Å². The highest BCUT2D eigenvalue weighted by molar-refractivity contribution is 9.10. The van der Waals surface area contributed by atoms with E-state index in [1.54, 1.807) is 0 Å². The van der Waals surface area contributed by atoms with Gasteiger partial charge in [-0.15, -0.1) is 0 Å². The van der Waals surface area contributed by atoms with Gasteiger partial charge in [-0.1, -0.05) is 6.92 Å². The first kappa shape index (κ1) is 15.1. The number of nitrogens with two attached hydrogens (primary N) is 1. The molecule has 116 valence electrons. The number of ether oxygens (including phenoxy) is 2. The van der Waals surface area contributed by atoms with Gasteiger partial charge in [-0.2, -0.15) is 0 Å². The Morgan fingerprint density at radius 2 is 2.14 bits per heavy atom. The highest BCUT2D eigenvalue weighted by atomic mass is 79.9. The van der Waals surface area contributed by atoms with Crippen LogP contribution in [0.15, 0.2) is 16.6 Å². The average Bonchev–Trinajstić information content (AvgIpc) is 2.90. The van der Waals surface area contributed by atoms with Gasteiger partial charge in [-0.25, -0.2) is 0 Å². The minimum atomic E-state index is 0.160. The molecule has 0 bridgehead atoms. The van der Waals surface area contributed by atoms with Crippen LogP contribution in [0.25, 0.3) is 0 Å². The van der Waals surface area contributed by atoms with E-state index in [2.05, 4.69) is 40.3 Å². The van der Waals surface area contributed by atoms with E-state index in [1.807, 2.05) is 0 Å². The van der Waals surface area contributed by atoms with Crippen molar-refractivity contribution in [2.45, 2.75) is 38.3 Å². The summed E-state index contributed by atoms with van der Waals surface area (Å²) in [5.41, 5.74) is 7.15. The molecule has 1 aliphatic carbocycles. The Bertz CT molecular complexity index is 509. The highest BCUT2D eigenvalue weighted by Gasteiger charge is 2.25. The normalized spacial score (nSPS) is 25.9. The fourth-order valence-electron chi connectivity index (χ4n) is 3.28. The van der Waals surface area contributed by atoms with Crippen molar-refractivity contribution in [3.63, 3.8) is 0 Å². The molecule has 1 aliphatic heterocycles. The van der Waals surface area contributed by atoms with Crippen LogP contribution < -0.4 is 20.5 Å². The summed E-state index contributed by atoms with van der Waals surface area (Å²) < 4.78 is 12.3. The quantitative estimate of drug-likeness (QED) is 0.872. The lowest BCUT2D eigenvalue weighted by Crippen LogP contribution is -2.35. The van der Waals surface area contributed by atoms with Crippen LogP contribution in [0.5, 0.6) is 11.5 Å². The number of halogens is 1. The molecule has 1 aromatic rings. The Morgan fingerprint density at radius 1 is 1.33 bits per heavy atom. The van der Waals surface area contributed by atoms with Crippen LogP contribution >= 0.6 is 15.9 Å². The molecule has 3 unspecified atom stereocenters. The minimum absolute atomic E-state index is 0.160. The van der Waals surface area contributed by atoms with Crippen LogP contribution in [-0.2, 0) is 0 Å². The van der Waals surface area contributed by atoms with E-state index in [1.165, 1.54) is 19.3 Å². The first-order chi connectivity index (χ1) is 10.2. The molecular formula is C16H23BrN2O2. The molecule has 0 radical (unpaired) electrons. The Kier molecular flexibility index (Phi) is 4.72. The number of rotatable bonds is 4. The van der Waals surface area contributed by atoms with Crippen molar-refractivity contribution in [2.75, 3.05) is 19.8 Å². The van der Waals surface area contributed by atoms with Gasteiger partial charge in [-0.3, -0.25) is 0 Å². The zero-order valence-corrected chi connectivity index (χ0v) is 14.0. The maximum absolute atomic E-state index is 5.99. The van der Waals surface area contributed by atoms with Crippen molar-refractivity contribution in [1.82, 2.24) is 5.32 Å². The molecule has 21 heavy (non-hydrogen) atoms. The molecule has 0 spiro atoms. The molecular weight excluding hydrogens is 332 g/mol. The topological polar surface area (TPSA) is 56.5 Å². The summed E-state index contributed by atoms with van der Waals surface area (Å²) in [6, 6.07) is 4.88. The minimum Gasteiger partial charge on any atom is -0.486 e. The molecule has 2 aliphatic rings. The Labute approximate surface area is 134 Å². The maximum atomic E-state index is 5.99. The maximum Gasteiger partial charge on any atom is 0.175 e. The van der Waals surface area contributed by atoms with Crippen molar-refractivity contribution >= 4 is 15.9 Å². The predicted octanol–water partition coefficient (Wildman–Crippen LogP) is 3.00. The number of fused-ring (bicyclic) bond motifs is 1. The number of hydrogen-bond acceptors (Lipinski definition) is 4. The molecule has 5 heteroatoms. The van der Waals surface area contributed by atoms with Gasteiger partial charge in [0.15, 0.2) is 11.5 Å². The van der Waals surface area contributed by atoms with Gasteiger partial charge in [0.25, 0.3) is 0 Å². The smallest absolute Gasteiger partial charge is 0.175 e. The molecule has 0 aromatic heterocycles. The van der Waals surface area contributed by atoms with E-state index >= 15 is 0 Å². The predicted molar refractivity (Wildman–Crippen MR) is 86.9 cm³/mol. The molecule has 3 N–H and O–H groups in total. The first-order valence-electron chi connectivity index (χ1n) is 7.72. The third-order valence-corrected chi connectivity index (χ3v) is 4.98. The van der Waals surface area contributed by atoms with Crippen LogP contribution in [0.3, 0.4) is 0 Å². The third kappa shape index (κ3) is 3.35. The van der Waals surface area contributed by atoms with Crippen LogP contribution in [0, 0.1) is 5.92 Å². The SMILES string of the molecule is CC1CCC(NC(CN)c2cc(Br)c3c(c2)OCCO3)C1. The number of benzene rings is 1. The Balaban J connectivity index is 1.78. The average molecular weight is 355 g/mol. The van der Waals surface area contributed by atoms with E-state index in [-0.39, 0.29) is 6.04 Å². The summed E-state index contributed by atoms with van der Waals surface area (Å²) in [5, 5.41) is 3.70. The molecule has 3 atom stereocenters. The standard InChI is InChI=1S/C16H23BrN2O2/c1-10-2-3-12(6-10)19-14(9-18)11-7-13(17)16-15(8-11)20-4-5-21-16/h7-8,10,12,14,19H,2-6,9,18H2,1H3. The third-order valence-electron chi connectivity index (χ3n) is 4.39. The van der Waals surface area contributed by atoms with Gasteiger partial charge in [0.05, 0.1) is 4.47 Å². The van der Waals surface area contributed by atoms with Crippen LogP contribution in [0.4, 0.5) is 0 Å². The first-order valence-corrected chi connectivity index (χ1v) is 8.52. The van der Waals surface area contributed by atoms with E-state index in [0.29, 0.717) is 25.8 Å². The lowest BCUT2D eigenvalue weighted by atomic mass is 10.0. The van der Waals surface area contributed by atoms with Crippen molar-refractivity contribution < 1.29 is 9.47 Å². The molecule has 1 aromatic carbocycles. The zero-order valence-electron chi connectivity index (χ0n) is 12.4. The monoisotopic (exact) mass is 354 g/mol. The second kappa shape index (κ2) is 6.55. The van der Waals surface area contributed by atoms with Crippen LogP contribution in [0.1, 0.15) is 37.8 Å². The second-order valence-corrected chi connectivity index (χ2v) is 6.95. The summed E-state index contributed by atoms with van der Waals surface area (Å²) in [4.78, 5) is 0. The Morgan fingerprint density at radius 3 is 2.86 bits per heavy atom. The molecule has 4 nitrogen and oxygen atoms in total. The lowest BCUT2D eigenvalue weighted by Gasteiger charge is -2.25. The fraction of sp³-hybridized carbons (Fsp3) is 0.625. The molecule has 0 amide bonds. The second-order valence-electron chi connectivity index (χ2n) is 6.10. The molecule has 3 rings (SSSR count). The molecule has 0 saturated heterocycles. The summed E-state index contributed by atoms with van der Waals surface area (Å²) in [6.07, 6.45) is 3.78. The summed E-state index contributed by atoms with van der Waals surface area (Å²) >= 11 is 3.58.